The first-order valence-corrected chi connectivity index (χ1v) is 5.45. The average Bonchev–Trinajstić information content (AvgIpc) is 2.09. The Balaban J connectivity index is 0. The van der Waals surface area contributed by atoms with Crippen LogP contribution in [-0.4, -0.2) is 5.78 Å². The van der Waals surface area contributed by atoms with Crippen LogP contribution in [0.4, 0.5) is 0 Å². The van der Waals surface area contributed by atoms with E-state index in [0.717, 1.165) is 16.5 Å². The number of halogens is 1. The first kappa shape index (κ1) is 15.1. The smallest absolute Gasteiger partial charge is 0.156 e. The van der Waals surface area contributed by atoms with Crippen molar-refractivity contribution in [1.29, 1.82) is 0 Å². The normalized spacial score (nSPS) is 11.8. The summed E-state index contributed by atoms with van der Waals surface area (Å²) in [6.45, 7) is 9.49. The molecule has 0 aliphatic heterocycles. The van der Waals surface area contributed by atoms with Gasteiger partial charge in [0.25, 0.3) is 0 Å². The van der Waals surface area contributed by atoms with E-state index in [2.05, 4.69) is 15.9 Å². The van der Waals surface area contributed by atoms with Crippen LogP contribution in [0, 0.1) is 0 Å². The highest BCUT2D eigenvalue weighted by molar-refractivity contribution is 9.11. The number of hydrogen-bond donors (Lipinski definition) is 0. The average molecular weight is 247 g/mol. The summed E-state index contributed by atoms with van der Waals surface area (Å²) in [5.41, 5.74) is 0.850. The third-order valence-electron chi connectivity index (χ3n) is 1.38. The van der Waals surface area contributed by atoms with Crippen molar-refractivity contribution < 1.29 is 4.79 Å². The second-order valence-electron chi connectivity index (χ2n) is 2.24. The molecule has 0 aliphatic carbocycles. The summed E-state index contributed by atoms with van der Waals surface area (Å²) in [5, 5.41) is 0. The third kappa shape index (κ3) is 6.76. The Bertz CT molecular complexity index is 202. The number of hydrogen-bond acceptors (Lipinski definition) is 1. The highest BCUT2D eigenvalue weighted by Gasteiger charge is 2.03. The molecule has 76 valence electrons. The largest absolute Gasteiger partial charge is 0.295 e. The molecule has 0 saturated carbocycles. The molecule has 1 nitrogen and oxygen atoms in total. The maximum atomic E-state index is 11.0. The number of Topliss-reactive ketones (excluding diaryl/α,β-unsaturated/α-hetero) is 1. The summed E-state index contributed by atoms with van der Waals surface area (Å²) in [7, 11) is 0. The fraction of sp³-hybridized carbons (Fsp3) is 0.545. The number of carbonyl (C=O) groups is 1. The molecule has 0 amide bonds. The lowest BCUT2D eigenvalue weighted by atomic mass is 10.1. The van der Waals surface area contributed by atoms with Gasteiger partial charge < -0.3 is 0 Å². The summed E-state index contributed by atoms with van der Waals surface area (Å²) >= 11 is 3.34. The van der Waals surface area contributed by atoms with Crippen molar-refractivity contribution in [1.82, 2.24) is 0 Å². The van der Waals surface area contributed by atoms with Gasteiger partial charge in [-0.05, 0) is 20.3 Å². The summed E-state index contributed by atoms with van der Waals surface area (Å²) in [5.74, 6) is 0.137. The van der Waals surface area contributed by atoms with Crippen molar-refractivity contribution in [2.75, 3.05) is 0 Å². The lowest BCUT2D eigenvalue weighted by molar-refractivity contribution is -0.113. The van der Waals surface area contributed by atoms with Crippen LogP contribution in [-0.2, 0) is 4.79 Å². The summed E-state index contributed by atoms with van der Waals surface area (Å²) in [6.07, 6.45) is 4.57. The summed E-state index contributed by atoms with van der Waals surface area (Å²) < 4.78 is 0.898. The van der Waals surface area contributed by atoms with Gasteiger partial charge in [0.1, 0.15) is 0 Å². The highest BCUT2D eigenvalue weighted by Crippen LogP contribution is 2.17. The monoisotopic (exact) mass is 246 g/mol. The Morgan fingerprint density at radius 3 is 2.08 bits per heavy atom. The van der Waals surface area contributed by atoms with Gasteiger partial charge in [-0.1, -0.05) is 48.9 Å². The minimum absolute atomic E-state index is 0.137. The molecule has 0 N–H and O–H groups in total. The SMILES string of the molecule is C/C=C\C(Br)=C(/CC)C(C)=O.CC. The number of rotatable bonds is 3. The molecule has 0 unspecified atom stereocenters. The Morgan fingerprint density at radius 1 is 1.38 bits per heavy atom. The molecule has 0 aliphatic rings. The molecule has 0 aromatic heterocycles. The van der Waals surface area contributed by atoms with Crippen molar-refractivity contribution in [3.8, 4) is 0 Å². The topological polar surface area (TPSA) is 17.1 Å². The maximum absolute atomic E-state index is 11.0. The number of ketones is 1. The molecule has 0 saturated heterocycles. The van der Waals surface area contributed by atoms with Gasteiger partial charge in [-0.15, -0.1) is 0 Å². The van der Waals surface area contributed by atoms with E-state index in [1.165, 1.54) is 0 Å². The Kier molecular flexibility index (Phi) is 11.3. The molecule has 0 aromatic rings. The van der Waals surface area contributed by atoms with E-state index in [9.17, 15) is 4.79 Å². The van der Waals surface area contributed by atoms with Gasteiger partial charge in [0, 0.05) is 10.1 Å². The van der Waals surface area contributed by atoms with Crippen molar-refractivity contribution in [3.05, 3.63) is 22.2 Å². The van der Waals surface area contributed by atoms with Crippen LogP contribution in [0.2, 0.25) is 0 Å². The Morgan fingerprint density at radius 2 is 1.85 bits per heavy atom. The minimum Gasteiger partial charge on any atom is -0.295 e. The molecule has 0 bridgehead atoms. The molecule has 0 fully saturated rings. The lowest BCUT2D eigenvalue weighted by Gasteiger charge is -1.99. The van der Waals surface area contributed by atoms with Gasteiger partial charge in [-0.25, -0.2) is 0 Å². The molecule has 0 radical (unpaired) electrons. The molecule has 0 heterocycles. The van der Waals surface area contributed by atoms with E-state index in [4.69, 9.17) is 0 Å². The van der Waals surface area contributed by atoms with Crippen LogP contribution in [0.3, 0.4) is 0 Å². The maximum Gasteiger partial charge on any atom is 0.156 e. The van der Waals surface area contributed by atoms with Gasteiger partial charge >= 0.3 is 0 Å². The van der Waals surface area contributed by atoms with Gasteiger partial charge in [0.2, 0.25) is 0 Å². The van der Waals surface area contributed by atoms with E-state index in [-0.39, 0.29) is 5.78 Å². The number of allylic oxidation sites excluding steroid dienone is 4. The fourth-order valence-corrected chi connectivity index (χ4v) is 1.66. The van der Waals surface area contributed by atoms with Crippen molar-refractivity contribution in [3.63, 3.8) is 0 Å². The molecule has 0 aromatic carbocycles. The number of carbonyl (C=O) groups excluding carboxylic acids is 1. The van der Waals surface area contributed by atoms with E-state index in [0.29, 0.717) is 0 Å². The molecule has 0 spiro atoms. The predicted molar refractivity (Wildman–Crippen MR) is 63.1 cm³/mol. The second kappa shape index (κ2) is 9.72. The standard InChI is InChI=1S/C9H13BrO.C2H6/c1-4-6-9(10)8(5-2)7(3)11;1-2/h4,6H,5H2,1-3H3;1-2H3/b6-4-,9-8-;. The second-order valence-corrected chi connectivity index (χ2v) is 3.09. The summed E-state index contributed by atoms with van der Waals surface area (Å²) in [6, 6.07) is 0. The predicted octanol–water partition coefficient (Wildman–Crippen LogP) is 4.24. The van der Waals surface area contributed by atoms with Crippen LogP contribution in [0.5, 0.6) is 0 Å². The first-order chi connectivity index (χ1) is 6.13. The van der Waals surface area contributed by atoms with Crippen LogP contribution >= 0.6 is 15.9 Å². The fourth-order valence-electron chi connectivity index (χ4n) is 0.833. The van der Waals surface area contributed by atoms with E-state index < -0.39 is 0 Å². The van der Waals surface area contributed by atoms with Crippen LogP contribution in [0.15, 0.2) is 22.2 Å². The molecular weight excluding hydrogens is 228 g/mol. The third-order valence-corrected chi connectivity index (χ3v) is 2.12. The van der Waals surface area contributed by atoms with Crippen LogP contribution in [0.1, 0.15) is 41.0 Å². The molecule has 13 heavy (non-hydrogen) atoms. The Hall–Kier alpha value is -0.370. The van der Waals surface area contributed by atoms with Gasteiger partial charge in [0.05, 0.1) is 0 Å². The molecule has 0 atom stereocenters. The van der Waals surface area contributed by atoms with Crippen LogP contribution < -0.4 is 0 Å². The van der Waals surface area contributed by atoms with Gasteiger partial charge in [0.15, 0.2) is 5.78 Å². The van der Waals surface area contributed by atoms with Crippen molar-refractivity contribution in [2.45, 2.75) is 41.0 Å². The van der Waals surface area contributed by atoms with E-state index in [1.54, 1.807) is 6.92 Å². The molecule has 2 heteroatoms. The van der Waals surface area contributed by atoms with E-state index >= 15 is 0 Å². The molecular formula is C11H19BrO. The minimum atomic E-state index is 0.137. The quantitative estimate of drug-likeness (QED) is 0.538. The summed E-state index contributed by atoms with van der Waals surface area (Å²) in [4.78, 5) is 11.0. The van der Waals surface area contributed by atoms with Crippen LogP contribution in [0.25, 0.3) is 0 Å². The van der Waals surface area contributed by atoms with Gasteiger partial charge in [-0.2, -0.15) is 0 Å². The van der Waals surface area contributed by atoms with E-state index in [1.807, 2.05) is 39.8 Å². The lowest BCUT2D eigenvalue weighted by Crippen LogP contribution is -1.96. The van der Waals surface area contributed by atoms with Crippen molar-refractivity contribution >= 4 is 21.7 Å². The Labute approximate surface area is 90.0 Å². The zero-order valence-electron chi connectivity index (χ0n) is 9.15. The highest BCUT2D eigenvalue weighted by atomic mass is 79.9. The first-order valence-electron chi connectivity index (χ1n) is 4.65. The zero-order chi connectivity index (χ0) is 10.9. The van der Waals surface area contributed by atoms with Gasteiger partial charge in [-0.3, -0.25) is 4.79 Å². The zero-order valence-corrected chi connectivity index (χ0v) is 10.7. The van der Waals surface area contributed by atoms with Crippen molar-refractivity contribution in [2.24, 2.45) is 0 Å². The molecule has 0 rings (SSSR count).